The highest BCUT2D eigenvalue weighted by Crippen LogP contribution is 2.33. The summed E-state index contributed by atoms with van der Waals surface area (Å²) in [7, 11) is 2.16. The van der Waals surface area contributed by atoms with Gasteiger partial charge < -0.3 is 19.6 Å². The molecule has 0 spiro atoms. The molecule has 0 unspecified atom stereocenters. The molecule has 188 valence electrons. The van der Waals surface area contributed by atoms with E-state index in [-0.39, 0.29) is 17.7 Å². The van der Waals surface area contributed by atoms with Gasteiger partial charge in [-0.15, -0.1) is 0 Å². The summed E-state index contributed by atoms with van der Waals surface area (Å²) in [5.74, 6) is 1.90. The van der Waals surface area contributed by atoms with E-state index in [2.05, 4.69) is 21.9 Å². The van der Waals surface area contributed by atoms with E-state index in [4.69, 9.17) is 4.98 Å². The maximum Gasteiger partial charge on any atom is 0.229 e. The fourth-order valence-electron chi connectivity index (χ4n) is 6.33. The summed E-state index contributed by atoms with van der Waals surface area (Å²) in [6, 6.07) is 1.97. The van der Waals surface area contributed by atoms with E-state index < -0.39 is 0 Å². The maximum atomic E-state index is 13.3. The molecule has 0 atom stereocenters. The third-order valence-electron chi connectivity index (χ3n) is 8.55. The number of aromatic nitrogens is 3. The quantitative estimate of drug-likeness (QED) is 0.663. The Hall–Kier alpha value is -2.68. The topological polar surface area (TPSA) is 77.3 Å². The zero-order valence-corrected chi connectivity index (χ0v) is 20.9. The minimum absolute atomic E-state index is 0.0125. The number of piperazine rings is 1. The number of nitrogens with zero attached hydrogens (tertiary/aromatic N) is 7. The van der Waals surface area contributed by atoms with E-state index in [9.17, 15) is 9.59 Å². The largest absolute Gasteiger partial charge is 0.354 e. The van der Waals surface area contributed by atoms with Crippen LogP contribution in [0.25, 0.3) is 5.65 Å². The van der Waals surface area contributed by atoms with Gasteiger partial charge in [-0.05, 0) is 26.3 Å². The van der Waals surface area contributed by atoms with Crippen LogP contribution in [0.4, 0.5) is 5.82 Å². The lowest BCUT2D eigenvalue weighted by Crippen LogP contribution is -2.59. The molecule has 2 saturated heterocycles. The molecule has 9 heteroatoms. The summed E-state index contributed by atoms with van der Waals surface area (Å²) >= 11 is 0. The molecule has 4 aliphatic rings. The lowest BCUT2D eigenvalue weighted by atomic mass is 9.88. The Morgan fingerprint density at radius 2 is 1.51 bits per heavy atom. The summed E-state index contributed by atoms with van der Waals surface area (Å²) in [6.45, 7) is 6.15. The molecular formula is C26H37N7O2. The maximum absolute atomic E-state index is 13.3. The molecule has 2 amide bonds. The third kappa shape index (κ3) is 4.28. The van der Waals surface area contributed by atoms with Crippen molar-refractivity contribution >= 4 is 23.3 Å². The standard InChI is InChI=1S/C26H37N7O2/c1-29-11-8-21-22(9-12-29)28-23-7-10-27-33(23)24(21)32-17-20(18-32)26(35)31-15-13-30(14-16-31)25(34)19-5-3-2-4-6-19/h7,10,19-20H,2-6,8-9,11-18H2,1H3. The van der Waals surface area contributed by atoms with Crippen molar-refractivity contribution in [3.63, 3.8) is 0 Å². The first-order valence-electron chi connectivity index (χ1n) is 13.4. The predicted octanol–water partition coefficient (Wildman–Crippen LogP) is 1.45. The Labute approximate surface area is 207 Å². The second kappa shape index (κ2) is 9.41. The van der Waals surface area contributed by atoms with E-state index in [1.165, 1.54) is 30.5 Å². The lowest BCUT2D eigenvalue weighted by molar-refractivity contribution is -0.145. The molecular weight excluding hydrogens is 442 g/mol. The van der Waals surface area contributed by atoms with Crippen molar-refractivity contribution in [2.75, 3.05) is 64.3 Å². The number of hydrogen-bond acceptors (Lipinski definition) is 6. The van der Waals surface area contributed by atoms with Crippen molar-refractivity contribution in [2.24, 2.45) is 11.8 Å². The van der Waals surface area contributed by atoms with Crippen LogP contribution >= 0.6 is 0 Å². The smallest absolute Gasteiger partial charge is 0.229 e. The summed E-state index contributed by atoms with van der Waals surface area (Å²) in [5.41, 5.74) is 3.34. The van der Waals surface area contributed by atoms with Gasteiger partial charge >= 0.3 is 0 Å². The monoisotopic (exact) mass is 479 g/mol. The van der Waals surface area contributed by atoms with Gasteiger partial charge in [0.2, 0.25) is 11.8 Å². The average molecular weight is 480 g/mol. The molecule has 2 aromatic rings. The number of likely N-dealkylation sites (N-methyl/N-ethyl adjacent to an activating group) is 1. The zero-order valence-electron chi connectivity index (χ0n) is 20.9. The minimum Gasteiger partial charge on any atom is -0.354 e. The van der Waals surface area contributed by atoms with Gasteiger partial charge in [0.25, 0.3) is 0 Å². The first-order valence-corrected chi connectivity index (χ1v) is 13.4. The average Bonchev–Trinajstić information content (AvgIpc) is 3.26. The lowest BCUT2D eigenvalue weighted by Gasteiger charge is -2.44. The van der Waals surface area contributed by atoms with Gasteiger partial charge in [0.1, 0.15) is 5.82 Å². The first kappa shape index (κ1) is 22.8. The van der Waals surface area contributed by atoms with Gasteiger partial charge in [-0.3, -0.25) is 9.59 Å². The molecule has 9 nitrogen and oxygen atoms in total. The van der Waals surface area contributed by atoms with Crippen molar-refractivity contribution in [3.8, 4) is 0 Å². The number of carbonyl (C=O) groups excluding carboxylic acids is 2. The number of carbonyl (C=O) groups is 2. The molecule has 1 aliphatic carbocycles. The molecule has 5 heterocycles. The van der Waals surface area contributed by atoms with Crippen LogP contribution in [0, 0.1) is 11.8 Å². The van der Waals surface area contributed by atoms with E-state index in [0.29, 0.717) is 32.1 Å². The molecule has 0 radical (unpaired) electrons. The highest BCUT2D eigenvalue weighted by Gasteiger charge is 2.39. The highest BCUT2D eigenvalue weighted by atomic mass is 16.2. The van der Waals surface area contributed by atoms with Gasteiger partial charge in [0.15, 0.2) is 5.65 Å². The van der Waals surface area contributed by atoms with Crippen molar-refractivity contribution in [1.82, 2.24) is 29.3 Å². The second-order valence-electron chi connectivity index (χ2n) is 10.9. The fraction of sp³-hybridized carbons (Fsp3) is 0.692. The number of fused-ring (bicyclic) bond motifs is 2. The molecule has 6 rings (SSSR count). The highest BCUT2D eigenvalue weighted by molar-refractivity contribution is 5.83. The van der Waals surface area contributed by atoms with E-state index >= 15 is 0 Å². The van der Waals surface area contributed by atoms with E-state index in [1.54, 1.807) is 0 Å². The second-order valence-corrected chi connectivity index (χ2v) is 10.9. The molecule has 1 saturated carbocycles. The summed E-state index contributed by atoms with van der Waals surface area (Å²) in [5, 5.41) is 4.57. The van der Waals surface area contributed by atoms with Gasteiger partial charge in [0.05, 0.1) is 17.8 Å². The molecule has 3 aliphatic heterocycles. The fourth-order valence-corrected chi connectivity index (χ4v) is 6.33. The Morgan fingerprint density at radius 3 is 2.23 bits per heavy atom. The van der Waals surface area contributed by atoms with E-state index in [0.717, 1.165) is 63.3 Å². The number of hydrogen-bond donors (Lipinski definition) is 0. The molecule has 0 bridgehead atoms. The first-order chi connectivity index (χ1) is 17.1. The molecule has 0 N–H and O–H groups in total. The van der Waals surface area contributed by atoms with Crippen LogP contribution in [0.15, 0.2) is 12.3 Å². The Bertz CT molecular complexity index is 1090. The normalized spacial score (nSPS) is 22.7. The molecule has 2 aromatic heterocycles. The zero-order chi connectivity index (χ0) is 23.9. The molecule has 35 heavy (non-hydrogen) atoms. The van der Waals surface area contributed by atoms with Crippen LogP contribution in [0.1, 0.15) is 43.4 Å². The Kier molecular flexibility index (Phi) is 6.12. The van der Waals surface area contributed by atoms with Crippen molar-refractivity contribution in [3.05, 3.63) is 23.5 Å². The van der Waals surface area contributed by atoms with Gasteiger partial charge in [-0.2, -0.15) is 9.61 Å². The molecule has 0 aromatic carbocycles. The Morgan fingerprint density at radius 1 is 0.857 bits per heavy atom. The van der Waals surface area contributed by atoms with Crippen molar-refractivity contribution in [1.29, 1.82) is 0 Å². The minimum atomic E-state index is 0.0125. The van der Waals surface area contributed by atoms with Crippen molar-refractivity contribution in [2.45, 2.75) is 44.9 Å². The van der Waals surface area contributed by atoms with Crippen LogP contribution in [0.3, 0.4) is 0 Å². The van der Waals surface area contributed by atoms with Gasteiger partial charge in [-0.25, -0.2) is 4.98 Å². The summed E-state index contributed by atoms with van der Waals surface area (Å²) in [6.07, 6.45) is 9.40. The Balaban J connectivity index is 1.09. The summed E-state index contributed by atoms with van der Waals surface area (Å²) < 4.78 is 1.96. The van der Waals surface area contributed by atoms with Gasteiger partial charge in [0, 0.05) is 76.3 Å². The number of anilines is 1. The van der Waals surface area contributed by atoms with Crippen LogP contribution < -0.4 is 4.90 Å². The summed E-state index contributed by atoms with van der Waals surface area (Å²) in [4.78, 5) is 39.7. The van der Waals surface area contributed by atoms with Crippen LogP contribution in [-0.4, -0.2) is 101 Å². The van der Waals surface area contributed by atoms with Crippen LogP contribution in [0.2, 0.25) is 0 Å². The predicted molar refractivity (Wildman–Crippen MR) is 133 cm³/mol. The number of amides is 2. The number of rotatable bonds is 3. The van der Waals surface area contributed by atoms with Crippen LogP contribution in [-0.2, 0) is 22.4 Å². The van der Waals surface area contributed by atoms with E-state index in [1.807, 2.05) is 26.6 Å². The SMILES string of the molecule is CN1CCc2nc3ccnn3c(N3CC(C(=O)N4CCN(C(=O)C5CCCCC5)CC4)C3)c2CC1. The third-order valence-corrected chi connectivity index (χ3v) is 8.55. The molecule has 3 fully saturated rings. The van der Waals surface area contributed by atoms with Gasteiger partial charge in [-0.1, -0.05) is 19.3 Å². The van der Waals surface area contributed by atoms with Crippen LogP contribution in [0.5, 0.6) is 0 Å². The van der Waals surface area contributed by atoms with Crippen molar-refractivity contribution < 1.29 is 9.59 Å².